The molecule has 0 fully saturated rings. The van der Waals surface area contributed by atoms with Gasteiger partial charge in [-0.05, 0) is 48.4 Å². The van der Waals surface area contributed by atoms with Gasteiger partial charge in [0, 0.05) is 24.0 Å². The predicted octanol–water partition coefficient (Wildman–Crippen LogP) is 4.92. The third kappa shape index (κ3) is 5.01. The zero-order valence-corrected chi connectivity index (χ0v) is 14.9. The van der Waals surface area contributed by atoms with E-state index in [1.165, 1.54) is 30.5 Å². The van der Waals surface area contributed by atoms with Gasteiger partial charge in [0.1, 0.15) is 17.5 Å². The zero-order chi connectivity index (χ0) is 19.2. The van der Waals surface area contributed by atoms with Crippen molar-refractivity contribution in [1.82, 2.24) is 4.98 Å². The first-order valence-electron chi connectivity index (χ1n) is 8.22. The van der Waals surface area contributed by atoms with Gasteiger partial charge >= 0.3 is 0 Å². The van der Waals surface area contributed by atoms with Crippen LogP contribution in [0.4, 0.5) is 20.3 Å². The van der Waals surface area contributed by atoms with Gasteiger partial charge < -0.3 is 10.6 Å². The molecule has 0 radical (unpaired) electrons. The molecule has 138 valence electrons. The molecule has 2 N–H and O–H groups in total. The van der Waals surface area contributed by atoms with Crippen LogP contribution in [-0.4, -0.2) is 17.4 Å². The lowest BCUT2D eigenvalue weighted by atomic mass is 10.1. The summed E-state index contributed by atoms with van der Waals surface area (Å²) in [6, 6.07) is 13.7. The summed E-state index contributed by atoms with van der Waals surface area (Å²) >= 11 is 5.71. The van der Waals surface area contributed by atoms with Crippen molar-refractivity contribution < 1.29 is 13.6 Å². The fourth-order valence-electron chi connectivity index (χ4n) is 2.47. The molecule has 2 aromatic carbocycles. The predicted molar refractivity (Wildman–Crippen MR) is 102 cm³/mol. The molecule has 3 rings (SSSR count). The molecule has 0 aliphatic carbocycles. The third-order valence-electron chi connectivity index (χ3n) is 3.86. The molecule has 1 aromatic heterocycles. The number of pyridine rings is 1. The van der Waals surface area contributed by atoms with E-state index in [0.29, 0.717) is 35.6 Å². The van der Waals surface area contributed by atoms with Crippen molar-refractivity contribution in [2.45, 2.75) is 6.42 Å². The number of amides is 1. The van der Waals surface area contributed by atoms with Crippen LogP contribution < -0.4 is 10.6 Å². The normalized spacial score (nSPS) is 10.5. The molecule has 0 spiro atoms. The van der Waals surface area contributed by atoms with Gasteiger partial charge in [0.05, 0.1) is 5.02 Å². The molecular formula is C20H16ClF2N3O. The summed E-state index contributed by atoms with van der Waals surface area (Å²) in [5.41, 5.74) is 1.36. The number of hydrogen-bond acceptors (Lipinski definition) is 3. The van der Waals surface area contributed by atoms with Crippen LogP contribution in [-0.2, 0) is 6.42 Å². The van der Waals surface area contributed by atoms with Crippen molar-refractivity contribution in [3.8, 4) is 0 Å². The minimum Gasteiger partial charge on any atom is -0.370 e. The van der Waals surface area contributed by atoms with E-state index in [0.717, 1.165) is 0 Å². The van der Waals surface area contributed by atoms with E-state index in [9.17, 15) is 13.6 Å². The van der Waals surface area contributed by atoms with Gasteiger partial charge in [-0.15, -0.1) is 0 Å². The fourth-order valence-corrected chi connectivity index (χ4v) is 2.65. The molecule has 0 saturated heterocycles. The van der Waals surface area contributed by atoms with Gasteiger partial charge in [-0.25, -0.2) is 13.8 Å². The van der Waals surface area contributed by atoms with Crippen LogP contribution in [0.5, 0.6) is 0 Å². The van der Waals surface area contributed by atoms with E-state index in [1.54, 1.807) is 30.3 Å². The summed E-state index contributed by atoms with van der Waals surface area (Å²) in [5, 5.41) is 5.64. The number of anilines is 2. The molecule has 0 bridgehead atoms. The van der Waals surface area contributed by atoms with Gasteiger partial charge in [-0.1, -0.05) is 29.8 Å². The number of carbonyl (C=O) groups is 1. The number of benzene rings is 2. The molecule has 0 saturated carbocycles. The van der Waals surface area contributed by atoms with Gasteiger partial charge in [0.15, 0.2) is 0 Å². The van der Waals surface area contributed by atoms with Crippen molar-refractivity contribution in [2.75, 3.05) is 17.2 Å². The Bertz CT molecular complexity index is 965. The van der Waals surface area contributed by atoms with Gasteiger partial charge in [0.25, 0.3) is 5.91 Å². The molecule has 1 amide bonds. The van der Waals surface area contributed by atoms with Crippen LogP contribution in [0.3, 0.4) is 0 Å². The number of halogens is 3. The molecule has 1 heterocycles. The highest BCUT2D eigenvalue weighted by atomic mass is 35.5. The monoisotopic (exact) mass is 387 g/mol. The standard InChI is InChI=1S/C20H16ClF2N3O/c21-16-12-15(5-6-18(16)23)26-20(27)14-8-10-25-19(11-14)24-9-7-13-3-1-2-4-17(13)22/h1-6,8,10-12H,7,9H2,(H,24,25)(H,26,27). The van der Waals surface area contributed by atoms with Gasteiger partial charge in [0.2, 0.25) is 0 Å². The van der Waals surface area contributed by atoms with Crippen LogP contribution in [0.2, 0.25) is 5.02 Å². The van der Waals surface area contributed by atoms with Crippen molar-refractivity contribution in [3.63, 3.8) is 0 Å². The fraction of sp³-hybridized carbons (Fsp3) is 0.100. The van der Waals surface area contributed by atoms with Crippen molar-refractivity contribution in [1.29, 1.82) is 0 Å². The Morgan fingerprint density at radius 2 is 1.85 bits per heavy atom. The van der Waals surface area contributed by atoms with Crippen LogP contribution in [0.25, 0.3) is 0 Å². The minimum absolute atomic E-state index is 0.0713. The highest BCUT2D eigenvalue weighted by Crippen LogP contribution is 2.20. The Morgan fingerprint density at radius 1 is 1.04 bits per heavy atom. The number of rotatable bonds is 6. The van der Waals surface area contributed by atoms with E-state index in [2.05, 4.69) is 15.6 Å². The Labute approximate surface area is 160 Å². The summed E-state index contributed by atoms with van der Waals surface area (Å²) in [6.07, 6.45) is 1.98. The van der Waals surface area contributed by atoms with Gasteiger partial charge in [-0.2, -0.15) is 0 Å². The smallest absolute Gasteiger partial charge is 0.255 e. The molecular weight excluding hydrogens is 372 g/mol. The first-order chi connectivity index (χ1) is 13.0. The Hall–Kier alpha value is -2.99. The van der Waals surface area contributed by atoms with Crippen LogP contribution in [0.15, 0.2) is 60.8 Å². The number of hydrogen-bond donors (Lipinski definition) is 2. The van der Waals surface area contributed by atoms with Gasteiger partial charge in [-0.3, -0.25) is 4.79 Å². The van der Waals surface area contributed by atoms with E-state index >= 15 is 0 Å². The zero-order valence-electron chi connectivity index (χ0n) is 14.2. The Morgan fingerprint density at radius 3 is 2.63 bits per heavy atom. The topological polar surface area (TPSA) is 54.0 Å². The quantitative estimate of drug-likeness (QED) is 0.631. The average molecular weight is 388 g/mol. The maximum Gasteiger partial charge on any atom is 0.255 e. The Kier molecular flexibility index (Phi) is 5.98. The second kappa shape index (κ2) is 8.60. The summed E-state index contributed by atoms with van der Waals surface area (Å²) in [4.78, 5) is 16.5. The van der Waals surface area contributed by atoms with Crippen LogP contribution in [0, 0.1) is 11.6 Å². The highest BCUT2D eigenvalue weighted by Gasteiger charge is 2.09. The molecule has 0 aliphatic heterocycles. The first-order valence-corrected chi connectivity index (χ1v) is 8.60. The maximum atomic E-state index is 13.6. The lowest BCUT2D eigenvalue weighted by Crippen LogP contribution is -2.13. The molecule has 3 aromatic rings. The molecule has 0 aliphatic rings. The van der Waals surface area contributed by atoms with Crippen molar-refractivity contribution >= 4 is 29.0 Å². The number of nitrogens with one attached hydrogen (secondary N) is 2. The average Bonchev–Trinajstić information content (AvgIpc) is 2.66. The summed E-state index contributed by atoms with van der Waals surface area (Å²) < 4.78 is 26.8. The number of nitrogens with zero attached hydrogens (tertiary/aromatic N) is 1. The van der Waals surface area contributed by atoms with E-state index < -0.39 is 5.82 Å². The first kappa shape index (κ1) is 18.8. The molecule has 7 heteroatoms. The molecule has 27 heavy (non-hydrogen) atoms. The lowest BCUT2D eigenvalue weighted by Gasteiger charge is -2.09. The lowest BCUT2D eigenvalue weighted by molar-refractivity contribution is 0.102. The minimum atomic E-state index is -0.556. The molecule has 0 atom stereocenters. The molecule has 0 unspecified atom stereocenters. The second-order valence-corrected chi connectivity index (χ2v) is 6.19. The van der Waals surface area contributed by atoms with Crippen LogP contribution >= 0.6 is 11.6 Å². The number of aromatic nitrogens is 1. The van der Waals surface area contributed by atoms with E-state index in [1.807, 2.05) is 0 Å². The maximum absolute atomic E-state index is 13.6. The third-order valence-corrected chi connectivity index (χ3v) is 4.15. The van der Waals surface area contributed by atoms with Crippen molar-refractivity contribution in [2.24, 2.45) is 0 Å². The summed E-state index contributed by atoms with van der Waals surface area (Å²) in [6.45, 7) is 0.465. The van der Waals surface area contributed by atoms with Crippen molar-refractivity contribution in [3.05, 3.63) is 88.6 Å². The van der Waals surface area contributed by atoms with Crippen LogP contribution in [0.1, 0.15) is 15.9 Å². The van der Waals surface area contributed by atoms with E-state index in [-0.39, 0.29) is 16.7 Å². The summed E-state index contributed by atoms with van der Waals surface area (Å²) in [5.74, 6) is -0.688. The number of carbonyl (C=O) groups excluding carboxylic acids is 1. The Balaban J connectivity index is 1.61. The molecule has 4 nitrogen and oxygen atoms in total. The second-order valence-electron chi connectivity index (χ2n) is 5.78. The highest BCUT2D eigenvalue weighted by molar-refractivity contribution is 6.31. The largest absolute Gasteiger partial charge is 0.370 e. The summed E-state index contributed by atoms with van der Waals surface area (Å²) in [7, 11) is 0. The van der Waals surface area contributed by atoms with E-state index in [4.69, 9.17) is 11.6 Å². The SMILES string of the molecule is O=C(Nc1ccc(F)c(Cl)c1)c1ccnc(NCCc2ccccc2F)c1.